The Balaban J connectivity index is 1.54. The molecular weight excluding hydrogens is 544 g/mol. The quantitative estimate of drug-likeness (QED) is 0.362. The van der Waals surface area contributed by atoms with Gasteiger partial charge in [0.25, 0.3) is 0 Å². The molecular formula is C30H34N4O6S. The highest BCUT2D eigenvalue weighted by atomic mass is 32.1. The highest BCUT2D eigenvalue weighted by molar-refractivity contribution is 7.15. The van der Waals surface area contributed by atoms with Gasteiger partial charge < -0.3 is 30.2 Å². The predicted octanol–water partition coefficient (Wildman–Crippen LogP) is 4.25. The van der Waals surface area contributed by atoms with E-state index in [9.17, 15) is 14.4 Å². The van der Waals surface area contributed by atoms with Crippen molar-refractivity contribution in [3.63, 3.8) is 0 Å². The van der Waals surface area contributed by atoms with Crippen LogP contribution in [0.15, 0.2) is 29.1 Å². The van der Waals surface area contributed by atoms with E-state index < -0.39 is 12.1 Å². The zero-order valence-corrected chi connectivity index (χ0v) is 24.6. The van der Waals surface area contributed by atoms with Gasteiger partial charge in [-0.3, -0.25) is 14.4 Å². The number of rotatable bonds is 8. The maximum Gasteiger partial charge on any atom is 0.248 e. The lowest BCUT2D eigenvalue weighted by Crippen LogP contribution is -2.33. The third kappa shape index (κ3) is 5.58. The second-order valence-electron chi connectivity index (χ2n) is 10.2. The summed E-state index contributed by atoms with van der Waals surface area (Å²) in [5.74, 6) is 0.945. The van der Waals surface area contributed by atoms with Gasteiger partial charge >= 0.3 is 0 Å². The normalized spacial score (nSPS) is 15.9. The third-order valence-corrected chi connectivity index (χ3v) is 8.58. The van der Waals surface area contributed by atoms with Gasteiger partial charge in [0.1, 0.15) is 6.04 Å². The highest BCUT2D eigenvalue weighted by Gasteiger charge is 2.30. The van der Waals surface area contributed by atoms with Crippen LogP contribution in [0.2, 0.25) is 0 Å². The zero-order valence-electron chi connectivity index (χ0n) is 23.8. The predicted molar refractivity (Wildman–Crippen MR) is 159 cm³/mol. The molecule has 0 radical (unpaired) electrons. The monoisotopic (exact) mass is 578 g/mol. The van der Waals surface area contributed by atoms with Crippen LogP contribution in [0, 0.1) is 0 Å². The first-order chi connectivity index (χ1) is 19.7. The average Bonchev–Trinajstić information content (AvgIpc) is 3.46. The number of carbonyl (C=O) groups is 2. The van der Waals surface area contributed by atoms with Gasteiger partial charge in [0, 0.05) is 17.4 Å². The molecule has 2 aromatic carbocycles. The molecule has 1 heterocycles. The lowest BCUT2D eigenvalue weighted by Gasteiger charge is -2.19. The number of ether oxygens (including phenoxy) is 3. The fraction of sp³-hybridized carbons (Fsp3) is 0.400. The number of carbonyl (C=O) groups excluding carboxylic acids is 2. The molecule has 0 fully saturated rings. The molecule has 1 aromatic heterocycles. The van der Waals surface area contributed by atoms with Crippen LogP contribution in [0.1, 0.15) is 54.4 Å². The van der Waals surface area contributed by atoms with E-state index in [1.165, 1.54) is 29.2 Å². The van der Waals surface area contributed by atoms with Crippen molar-refractivity contribution >= 4 is 34.0 Å². The van der Waals surface area contributed by atoms with E-state index in [1.807, 2.05) is 12.1 Å². The summed E-state index contributed by atoms with van der Waals surface area (Å²) in [5, 5.41) is 9.53. The summed E-state index contributed by atoms with van der Waals surface area (Å²) < 4.78 is 17.0. The molecule has 0 unspecified atom stereocenters. The fourth-order valence-corrected chi connectivity index (χ4v) is 6.64. The number of thiazole rings is 1. The Morgan fingerprint density at radius 3 is 2.51 bits per heavy atom. The van der Waals surface area contributed by atoms with Gasteiger partial charge in [0.2, 0.25) is 23.0 Å². The van der Waals surface area contributed by atoms with Crippen molar-refractivity contribution in [2.45, 2.75) is 58.0 Å². The summed E-state index contributed by atoms with van der Waals surface area (Å²) in [6, 6.07) is 5.79. The summed E-state index contributed by atoms with van der Waals surface area (Å²) in [4.78, 5) is 44.4. The average molecular weight is 579 g/mol. The summed E-state index contributed by atoms with van der Waals surface area (Å²) in [5.41, 5.74) is 4.07. The first-order valence-electron chi connectivity index (χ1n) is 13.6. The Morgan fingerprint density at radius 1 is 1.05 bits per heavy atom. The lowest BCUT2D eigenvalue weighted by molar-refractivity contribution is -0.119. The van der Waals surface area contributed by atoms with Gasteiger partial charge in [0.05, 0.1) is 38.8 Å². The van der Waals surface area contributed by atoms with Gasteiger partial charge in [-0.2, -0.15) is 0 Å². The Labute approximate surface area is 242 Å². The SMILES string of the molecule is COc1cc2c(c(OC)c1OC)-c1ccc(N[C@H](C)C(=O)Nc3nc4c(s3)CCC4)c(=O)cc1[C@H](NC(C)=O)CC2. The van der Waals surface area contributed by atoms with E-state index in [2.05, 4.69) is 20.9 Å². The second-order valence-corrected chi connectivity index (χ2v) is 11.3. The summed E-state index contributed by atoms with van der Waals surface area (Å²) in [7, 11) is 4.66. The van der Waals surface area contributed by atoms with Crippen LogP contribution in [0.25, 0.3) is 11.1 Å². The number of nitrogens with one attached hydrogen (secondary N) is 3. The smallest absolute Gasteiger partial charge is 0.248 e. The molecule has 41 heavy (non-hydrogen) atoms. The number of nitrogens with zero attached hydrogens (tertiary/aromatic N) is 1. The van der Waals surface area contributed by atoms with Crippen LogP contribution in [0.4, 0.5) is 10.8 Å². The molecule has 0 spiro atoms. The Morgan fingerprint density at radius 2 is 1.83 bits per heavy atom. The molecule has 11 heteroatoms. The van der Waals surface area contributed by atoms with E-state index >= 15 is 0 Å². The van der Waals surface area contributed by atoms with Gasteiger partial charge in [-0.05, 0) is 73.9 Å². The minimum Gasteiger partial charge on any atom is -0.493 e. The molecule has 216 valence electrons. The number of anilines is 2. The molecule has 2 atom stereocenters. The molecule has 2 amide bonds. The fourth-order valence-electron chi connectivity index (χ4n) is 5.58. The van der Waals surface area contributed by atoms with Crippen molar-refractivity contribution in [1.82, 2.24) is 10.3 Å². The summed E-state index contributed by atoms with van der Waals surface area (Å²) in [6.07, 6.45) is 4.19. The number of aryl methyl sites for hydroxylation is 3. The lowest BCUT2D eigenvalue weighted by atomic mass is 9.95. The van der Waals surface area contributed by atoms with E-state index in [0.717, 1.165) is 36.1 Å². The molecule has 0 bridgehead atoms. The second kappa shape index (κ2) is 11.8. The first-order valence-corrected chi connectivity index (χ1v) is 14.4. The van der Waals surface area contributed by atoms with Crippen molar-refractivity contribution in [3.8, 4) is 28.4 Å². The summed E-state index contributed by atoms with van der Waals surface area (Å²) >= 11 is 1.50. The minimum atomic E-state index is -0.707. The van der Waals surface area contributed by atoms with Crippen molar-refractivity contribution in [1.29, 1.82) is 0 Å². The van der Waals surface area contributed by atoms with Crippen LogP contribution in [-0.2, 0) is 28.9 Å². The molecule has 2 aliphatic rings. The largest absolute Gasteiger partial charge is 0.493 e. The number of fused-ring (bicyclic) bond motifs is 4. The van der Waals surface area contributed by atoms with Crippen LogP contribution in [0.3, 0.4) is 0 Å². The number of hydrogen-bond donors (Lipinski definition) is 3. The molecule has 3 N–H and O–H groups in total. The van der Waals surface area contributed by atoms with Gasteiger partial charge in [-0.25, -0.2) is 4.98 Å². The number of hydrogen-bond acceptors (Lipinski definition) is 9. The van der Waals surface area contributed by atoms with Crippen molar-refractivity contribution in [3.05, 3.63) is 56.2 Å². The number of benzene rings is 1. The molecule has 5 rings (SSSR count). The van der Waals surface area contributed by atoms with Gasteiger partial charge in [0.15, 0.2) is 16.6 Å². The third-order valence-electron chi connectivity index (χ3n) is 7.51. The Kier molecular flexibility index (Phi) is 8.16. The Hall–Kier alpha value is -4.12. The molecule has 0 saturated heterocycles. The maximum absolute atomic E-state index is 13.5. The molecule has 2 aliphatic carbocycles. The molecule has 10 nitrogen and oxygen atoms in total. The van der Waals surface area contributed by atoms with Crippen LogP contribution in [-0.4, -0.2) is 44.2 Å². The first kappa shape index (κ1) is 28.4. The van der Waals surface area contributed by atoms with E-state index in [4.69, 9.17) is 14.2 Å². The van der Waals surface area contributed by atoms with Gasteiger partial charge in [-0.15, -0.1) is 11.3 Å². The minimum absolute atomic E-state index is 0.204. The van der Waals surface area contributed by atoms with Gasteiger partial charge in [-0.1, -0.05) is 6.07 Å². The van der Waals surface area contributed by atoms with Crippen LogP contribution >= 0.6 is 11.3 Å². The standard InChI is InChI=1S/C30H34N4O6S/c1-15(29(37)34-30-33-22-7-6-8-25(22)41-30)31-21-12-10-18-19(14-23(21)36)20(32-16(2)35)11-9-17-13-24(38-3)27(39-4)28(40-5)26(17)18/h10,12-15,20H,6-9,11H2,1-5H3,(H,31,36)(H,32,35)(H,33,34,37)/t15-,20-/m1/s1. The zero-order chi connectivity index (χ0) is 29.3. The van der Waals surface area contributed by atoms with E-state index in [-0.39, 0.29) is 22.9 Å². The van der Waals surface area contributed by atoms with E-state index in [0.29, 0.717) is 46.3 Å². The van der Waals surface area contributed by atoms with Crippen molar-refractivity contribution in [2.75, 3.05) is 32.0 Å². The van der Waals surface area contributed by atoms with E-state index in [1.54, 1.807) is 34.3 Å². The number of amides is 2. The summed E-state index contributed by atoms with van der Waals surface area (Å²) in [6.45, 7) is 3.15. The number of aromatic nitrogens is 1. The van der Waals surface area contributed by atoms with Crippen molar-refractivity contribution in [2.24, 2.45) is 0 Å². The topological polar surface area (TPSA) is 128 Å². The van der Waals surface area contributed by atoms with Crippen molar-refractivity contribution < 1.29 is 23.8 Å². The highest BCUT2D eigenvalue weighted by Crippen LogP contribution is 2.50. The Bertz CT molecular complexity index is 1550. The maximum atomic E-state index is 13.5. The number of methoxy groups -OCH3 is 3. The molecule has 3 aromatic rings. The van der Waals surface area contributed by atoms with Crippen LogP contribution in [0.5, 0.6) is 17.2 Å². The molecule has 0 aliphatic heterocycles. The molecule has 0 saturated carbocycles. The van der Waals surface area contributed by atoms with Crippen LogP contribution < -0.4 is 35.6 Å².